The Morgan fingerprint density at radius 1 is 1.03 bits per heavy atom. The van der Waals surface area contributed by atoms with Gasteiger partial charge in [-0.3, -0.25) is 9.78 Å². The van der Waals surface area contributed by atoms with Gasteiger partial charge in [-0.05, 0) is 88.5 Å². The van der Waals surface area contributed by atoms with Crippen LogP contribution in [-0.2, 0) is 11.3 Å². The smallest absolute Gasteiger partial charge is 0.233 e. The highest BCUT2D eigenvalue weighted by Crippen LogP contribution is 2.28. The summed E-state index contributed by atoms with van der Waals surface area (Å²) < 4.78 is 0. The third kappa shape index (κ3) is 10.2. The van der Waals surface area contributed by atoms with E-state index in [9.17, 15) is 4.79 Å². The summed E-state index contributed by atoms with van der Waals surface area (Å²) in [6, 6.07) is 6.66. The van der Waals surface area contributed by atoms with Gasteiger partial charge in [0.15, 0.2) is 0 Å². The van der Waals surface area contributed by atoms with Crippen LogP contribution in [0, 0.1) is 11.8 Å². The van der Waals surface area contributed by atoms with Gasteiger partial charge in [0.1, 0.15) is 0 Å². The third-order valence-corrected chi connectivity index (χ3v) is 8.34. The van der Waals surface area contributed by atoms with Crippen molar-refractivity contribution in [1.29, 1.82) is 0 Å². The number of nitrogens with one attached hydrogen (secondary N) is 4. The zero-order chi connectivity index (χ0) is 23.1. The van der Waals surface area contributed by atoms with Gasteiger partial charge in [-0.15, -0.1) is 0 Å². The Bertz CT molecular complexity index is 647. The lowest BCUT2D eigenvalue weighted by Crippen LogP contribution is -2.48. The molecule has 2 fully saturated rings. The summed E-state index contributed by atoms with van der Waals surface area (Å²) in [5, 5.41) is 14.0. The van der Waals surface area contributed by atoms with Gasteiger partial charge in [0.2, 0.25) is 5.91 Å². The quantitative estimate of drug-likeness (QED) is 0.248. The number of pyridine rings is 1. The second-order valence-electron chi connectivity index (χ2n) is 9.90. The molecule has 184 valence electrons. The van der Waals surface area contributed by atoms with Gasteiger partial charge >= 0.3 is 0 Å². The minimum atomic E-state index is -0.125. The number of hydrogen-bond acceptors (Lipinski definition) is 5. The Morgan fingerprint density at radius 2 is 1.79 bits per heavy atom. The second-order valence-corrected chi connectivity index (χ2v) is 11.1. The molecule has 3 rings (SSSR count). The summed E-state index contributed by atoms with van der Waals surface area (Å²) in [6.45, 7) is 6.96. The number of carbonyl (C=O) groups is 1. The molecule has 0 spiro atoms. The standard InChI is InChI=1S/C26H45N5OSi/c1-33-26(31-20-24-10-5-6-16-29-24)25(32)30-19-22-13-11-21(12-14-22)18-27-15-7-17-28-23-8-3-2-4-9-23/h5-6,10,16,21-23,26-28,31H,2-4,7-9,11-15,17-20H2,1H3,(H,30,32)/t21?,22?,26-/m0/s1. The third-order valence-electron chi connectivity index (χ3n) is 7.30. The molecule has 1 atom stereocenters. The fourth-order valence-corrected chi connectivity index (χ4v) is 5.82. The number of aromatic nitrogens is 1. The van der Waals surface area contributed by atoms with Gasteiger partial charge in [0.25, 0.3) is 0 Å². The number of rotatable bonds is 14. The molecule has 0 saturated heterocycles. The van der Waals surface area contributed by atoms with Crippen molar-refractivity contribution in [3.05, 3.63) is 30.1 Å². The average Bonchev–Trinajstić information content (AvgIpc) is 2.87. The molecule has 2 radical (unpaired) electrons. The molecule has 0 aromatic carbocycles. The predicted octanol–water partition coefficient (Wildman–Crippen LogP) is 3.07. The van der Waals surface area contributed by atoms with Crippen molar-refractivity contribution in [1.82, 2.24) is 26.3 Å². The van der Waals surface area contributed by atoms with E-state index in [0.717, 1.165) is 43.8 Å². The van der Waals surface area contributed by atoms with Crippen LogP contribution in [-0.4, -0.2) is 58.3 Å². The predicted molar refractivity (Wildman–Crippen MR) is 137 cm³/mol. The first-order valence-electron chi connectivity index (χ1n) is 13.3. The monoisotopic (exact) mass is 471 g/mol. The Hall–Kier alpha value is -1.28. The van der Waals surface area contributed by atoms with E-state index in [1.54, 1.807) is 6.20 Å². The lowest BCUT2D eigenvalue weighted by molar-refractivity contribution is -0.121. The minimum absolute atomic E-state index is 0.125. The van der Waals surface area contributed by atoms with Crippen LogP contribution in [0.1, 0.15) is 69.9 Å². The highest BCUT2D eigenvalue weighted by atomic mass is 28.2. The van der Waals surface area contributed by atoms with Crippen LogP contribution < -0.4 is 21.3 Å². The molecular formula is C26H45N5OSi. The molecule has 7 heteroatoms. The van der Waals surface area contributed by atoms with E-state index in [1.165, 1.54) is 64.2 Å². The molecule has 1 aromatic heterocycles. The van der Waals surface area contributed by atoms with Gasteiger partial charge < -0.3 is 21.3 Å². The van der Waals surface area contributed by atoms with Crippen molar-refractivity contribution in [2.24, 2.45) is 11.8 Å². The van der Waals surface area contributed by atoms with Gasteiger partial charge in [-0.1, -0.05) is 31.9 Å². The van der Waals surface area contributed by atoms with E-state index in [4.69, 9.17) is 0 Å². The molecule has 2 aliphatic rings. The molecule has 0 bridgehead atoms. The molecule has 4 N–H and O–H groups in total. The van der Waals surface area contributed by atoms with Crippen LogP contribution in [0.15, 0.2) is 24.4 Å². The number of nitrogens with zero attached hydrogens (tertiary/aromatic N) is 1. The van der Waals surface area contributed by atoms with Crippen LogP contribution in [0.4, 0.5) is 0 Å². The molecule has 1 heterocycles. The first kappa shape index (κ1) is 26.3. The molecule has 1 amide bonds. The van der Waals surface area contributed by atoms with Crippen molar-refractivity contribution in [3.63, 3.8) is 0 Å². The van der Waals surface area contributed by atoms with E-state index in [-0.39, 0.29) is 11.6 Å². The molecule has 6 nitrogen and oxygen atoms in total. The lowest BCUT2D eigenvalue weighted by Gasteiger charge is -2.29. The SMILES string of the molecule is C[Si][C@H](NCc1ccccn1)C(=O)NCC1CCC(CNCCCNC2CCCCC2)CC1. The van der Waals surface area contributed by atoms with Crippen molar-refractivity contribution in [2.75, 3.05) is 26.2 Å². The zero-order valence-corrected chi connectivity index (χ0v) is 21.6. The van der Waals surface area contributed by atoms with Crippen LogP contribution in [0.25, 0.3) is 0 Å². The summed E-state index contributed by atoms with van der Waals surface area (Å²) in [7, 11) is 0.532. The lowest BCUT2D eigenvalue weighted by atomic mass is 9.82. The van der Waals surface area contributed by atoms with Gasteiger partial charge in [0.05, 0.1) is 20.9 Å². The second kappa shape index (κ2) is 15.6. The maximum atomic E-state index is 12.6. The van der Waals surface area contributed by atoms with E-state index in [2.05, 4.69) is 32.8 Å². The zero-order valence-electron chi connectivity index (χ0n) is 20.6. The number of amides is 1. The maximum absolute atomic E-state index is 12.6. The molecular weight excluding hydrogens is 426 g/mol. The molecule has 33 heavy (non-hydrogen) atoms. The Kier molecular flexibility index (Phi) is 12.4. The van der Waals surface area contributed by atoms with Crippen LogP contribution in [0.2, 0.25) is 6.55 Å². The highest BCUT2D eigenvalue weighted by Gasteiger charge is 2.23. The molecule has 0 aliphatic heterocycles. The van der Waals surface area contributed by atoms with E-state index >= 15 is 0 Å². The van der Waals surface area contributed by atoms with Crippen LogP contribution >= 0.6 is 0 Å². The molecule has 2 saturated carbocycles. The summed E-state index contributed by atoms with van der Waals surface area (Å²) in [5.41, 5.74) is 0.848. The minimum Gasteiger partial charge on any atom is -0.355 e. The van der Waals surface area contributed by atoms with E-state index < -0.39 is 0 Å². The summed E-state index contributed by atoms with van der Waals surface area (Å²) in [4.78, 5) is 17.0. The van der Waals surface area contributed by atoms with Gasteiger partial charge in [0, 0.05) is 25.3 Å². The largest absolute Gasteiger partial charge is 0.355 e. The van der Waals surface area contributed by atoms with E-state index in [1.807, 2.05) is 18.2 Å². The van der Waals surface area contributed by atoms with Crippen molar-refractivity contribution in [3.8, 4) is 0 Å². The van der Waals surface area contributed by atoms with Gasteiger partial charge in [-0.2, -0.15) is 0 Å². The molecule has 2 aliphatic carbocycles. The molecule has 1 aromatic rings. The van der Waals surface area contributed by atoms with E-state index in [0.29, 0.717) is 22.0 Å². The fourth-order valence-electron chi connectivity index (χ4n) is 5.15. The Balaban J connectivity index is 1.20. The highest BCUT2D eigenvalue weighted by molar-refractivity contribution is 6.42. The number of hydrogen-bond donors (Lipinski definition) is 4. The summed E-state index contributed by atoms with van der Waals surface area (Å²) in [6.07, 6.45) is 15.0. The molecule has 0 unspecified atom stereocenters. The van der Waals surface area contributed by atoms with Crippen molar-refractivity contribution in [2.45, 2.75) is 89.0 Å². The average molecular weight is 472 g/mol. The van der Waals surface area contributed by atoms with Crippen LogP contribution in [0.3, 0.4) is 0 Å². The van der Waals surface area contributed by atoms with Crippen molar-refractivity contribution < 1.29 is 4.79 Å². The summed E-state index contributed by atoms with van der Waals surface area (Å²) in [5.74, 6) is 1.56. The first-order valence-corrected chi connectivity index (χ1v) is 14.8. The Labute approximate surface area is 203 Å². The Morgan fingerprint density at radius 3 is 2.48 bits per heavy atom. The maximum Gasteiger partial charge on any atom is 0.233 e. The topological polar surface area (TPSA) is 78.1 Å². The van der Waals surface area contributed by atoms with Crippen molar-refractivity contribution >= 4 is 15.4 Å². The number of carbonyl (C=O) groups excluding carboxylic acids is 1. The van der Waals surface area contributed by atoms with Crippen LogP contribution in [0.5, 0.6) is 0 Å². The fraction of sp³-hybridized carbons (Fsp3) is 0.769. The summed E-state index contributed by atoms with van der Waals surface area (Å²) >= 11 is 0. The normalized spacial score (nSPS) is 22.7. The van der Waals surface area contributed by atoms with Gasteiger partial charge in [-0.25, -0.2) is 0 Å². The first-order chi connectivity index (χ1) is 16.2.